The molecule has 0 aliphatic rings. The third kappa shape index (κ3) is 5.55. The number of sulfonamides is 1. The summed E-state index contributed by atoms with van der Waals surface area (Å²) >= 11 is 0.972. The molecule has 0 unspecified atom stereocenters. The van der Waals surface area contributed by atoms with E-state index in [9.17, 15) is 13.2 Å². The molecule has 34 heavy (non-hydrogen) atoms. The van der Waals surface area contributed by atoms with Gasteiger partial charge in [0.2, 0.25) is 10.2 Å². The molecule has 0 spiro atoms. The smallest absolute Gasteiger partial charge is 0.265 e. The normalized spacial score (nSPS) is 12.7. The van der Waals surface area contributed by atoms with Crippen molar-refractivity contribution in [2.24, 2.45) is 11.1 Å². The number of primary sulfonamides is 1. The molecule has 0 fully saturated rings. The number of nitrogens with zero attached hydrogens (tertiary/aromatic N) is 5. The van der Waals surface area contributed by atoms with E-state index in [0.29, 0.717) is 28.2 Å². The number of pyridine rings is 1. The third-order valence-corrected chi connectivity index (χ3v) is 7.22. The molecule has 178 valence electrons. The molecular weight excluding hydrogens is 478 g/mol. The molecule has 11 nitrogen and oxygen atoms in total. The first kappa shape index (κ1) is 23.7. The van der Waals surface area contributed by atoms with Gasteiger partial charge in [-0.2, -0.15) is 0 Å². The summed E-state index contributed by atoms with van der Waals surface area (Å²) in [6.07, 6.45) is 3.35. The van der Waals surface area contributed by atoms with E-state index in [1.165, 1.54) is 4.68 Å². The lowest BCUT2D eigenvalue weighted by Gasteiger charge is -2.20. The number of ether oxygens (including phenoxy) is 1. The molecule has 1 atom stereocenters. The summed E-state index contributed by atoms with van der Waals surface area (Å²) in [5.41, 5.74) is 1.82. The molecular formula is C21H23N7O4S2. The van der Waals surface area contributed by atoms with E-state index < -0.39 is 16.1 Å². The van der Waals surface area contributed by atoms with Crippen LogP contribution in [0.25, 0.3) is 10.2 Å². The Balaban J connectivity index is 1.41. The van der Waals surface area contributed by atoms with Gasteiger partial charge in [0.05, 0.1) is 28.7 Å². The van der Waals surface area contributed by atoms with Gasteiger partial charge in [0.1, 0.15) is 24.1 Å². The largest absolute Gasteiger partial charge is 0.487 e. The van der Waals surface area contributed by atoms with Crippen LogP contribution in [0.4, 0.5) is 0 Å². The van der Waals surface area contributed by atoms with E-state index in [4.69, 9.17) is 9.88 Å². The van der Waals surface area contributed by atoms with Crippen LogP contribution in [-0.2, 0) is 28.0 Å². The second kappa shape index (κ2) is 9.83. The van der Waals surface area contributed by atoms with E-state index in [0.717, 1.165) is 17.0 Å². The summed E-state index contributed by atoms with van der Waals surface area (Å²) < 4.78 is 30.8. The fourth-order valence-corrected chi connectivity index (χ4v) is 4.97. The van der Waals surface area contributed by atoms with Crippen molar-refractivity contribution in [1.29, 1.82) is 0 Å². The van der Waals surface area contributed by atoms with Crippen LogP contribution in [0.2, 0.25) is 0 Å². The van der Waals surface area contributed by atoms with Gasteiger partial charge in [-0.1, -0.05) is 25.1 Å². The molecule has 0 saturated carbocycles. The molecule has 1 aromatic carbocycles. The van der Waals surface area contributed by atoms with Gasteiger partial charge in [0.15, 0.2) is 0 Å². The Hall–Kier alpha value is -3.42. The van der Waals surface area contributed by atoms with Crippen molar-refractivity contribution in [3.63, 3.8) is 0 Å². The van der Waals surface area contributed by atoms with Crippen LogP contribution >= 0.6 is 11.3 Å². The van der Waals surface area contributed by atoms with Crippen LogP contribution in [0.15, 0.2) is 53.1 Å². The number of benzene rings is 1. The van der Waals surface area contributed by atoms with Gasteiger partial charge < -0.3 is 10.1 Å². The monoisotopic (exact) mass is 501 g/mol. The van der Waals surface area contributed by atoms with Crippen molar-refractivity contribution in [1.82, 2.24) is 30.3 Å². The van der Waals surface area contributed by atoms with E-state index in [1.54, 1.807) is 30.6 Å². The van der Waals surface area contributed by atoms with E-state index in [-0.39, 0.29) is 22.8 Å². The fraction of sp³-hybridized carbons (Fsp3) is 0.286. The van der Waals surface area contributed by atoms with Crippen LogP contribution in [0.3, 0.4) is 0 Å². The highest BCUT2D eigenvalue weighted by Crippen LogP contribution is 2.28. The zero-order valence-corrected chi connectivity index (χ0v) is 20.1. The van der Waals surface area contributed by atoms with Crippen molar-refractivity contribution in [2.45, 2.75) is 37.4 Å². The van der Waals surface area contributed by atoms with Gasteiger partial charge in [-0.15, -0.1) is 16.4 Å². The molecule has 3 heterocycles. The Kier molecular flexibility index (Phi) is 6.86. The zero-order chi connectivity index (χ0) is 24.3. The highest BCUT2D eigenvalue weighted by atomic mass is 32.2. The maximum absolute atomic E-state index is 12.8. The van der Waals surface area contributed by atoms with E-state index in [2.05, 4.69) is 25.6 Å². The van der Waals surface area contributed by atoms with Crippen molar-refractivity contribution in [2.75, 3.05) is 0 Å². The second-order valence-electron chi connectivity index (χ2n) is 7.86. The SMILES string of the molecule is CC(C)[C@@H](C(=O)NCc1ccccn1)n1cc(COc2ccc3nc(S(N)(=O)=O)sc3c2)nn1. The minimum absolute atomic E-state index is 0.0269. The quantitative estimate of drug-likeness (QED) is 0.353. The first-order chi connectivity index (χ1) is 16.2. The number of hydrogen-bond donors (Lipinski definition) is 2. The minimum Gasteiger partial charge on any atom is -0.487 e. The zero-order valence-electron chi connectivity index (χ0n) is 18.5. The number of aromatic nitrogens is 5. The number of fused-ring (bicyclic) bond motifs is 1. The Morgan fingerprint density at radius 3 is 2.76 bits per heavy atom. The maximum atomic E-state index is 12.8. The van der Waals surface area contributed by atoms with Crippen LogP contribution in [0.5, 0.6) is 5.75 Å². The average molecular weight is 502 g/mol. The van der Waals surface area contributed by atoms with Crippen LogP contribution in [0.1, 0.15) is 31.3 Å². The summed E-state index contributed by atoms with van der Waals surface area (Å²) in [6, 6.07) is 10.0. The highest BCUT2D eigenvalue weighted by molar-refractivity contribution is 7.91. The molecule has 13 heteroatoms. The second-order valence-corrected chi connectivity index (χ2v) is 10.6. The van der Waals surface area contributed by atoms with E-state index in [1.807, 2.05) is 32.0 Å². The van der Waals surface area contributed by atoms with Gasteiger partial charge in [-0.3, -0.25) is 9.78 Å². The Labute approximate surface area is 200 Å². The Morgan fingerprint density at radius 2 is 2.06 bits per heavy atom. The Morgan fingerprint density at radius 1 is 1.24 bits per heavy atom. The number of amides is 1. The summed E-state index contributed by atoms with van der Waals surface area (Å²) in [5.74, 6) is 0.306. The van der Waals surface area contributed by atoms with Crippen LogP contribution in [0, 0.1) is 5.92 Å². The summed E-state index contributed by atoms with van der Waals surface area (Å²) in [7, 11) is -3.86. The molecule has 3 N–H and O–H groups in total. The molecule has 3 aromatic heterocycles. The summed E-state index contributed by atoms with van der Waals surface area (Å²) in [5, 5.41) is 16.3. The van der Waals surface area contributed by atoms with Gasteiger partial charge >= 0.3 is 0 Å². The van der Waals surface area contributed by atoms with Gasteiger partial charge in [0, 0.05) is 6.20 Å². The number of nitrogens with two attached hydrogens (primary N) is 1. The first-order valence-electron chi connectivity index (χ1n) is 10.4. The third-order valence-electron chi connectivity index (χ3n) is 4.88. The summed E-state index contributed by atoms with van der Waals surface area (Å²) in [6.45, 7) is 4.30. The molecule has 0 aliphatic heterocycles. The molecule has 4 rings (SSSR count). The molecule has 4 aromatic rings. The van der Waals surface area contributed by atoms with Crippen LogP contribution in [-0.4, -0.2) is 39.3 Å². The number of carbonyl (C=O) groups excluding carboxylic acids is 1. The highest BCUT2D eigenvalue weighted by Gasteiger charge is 2.25. The average Bonchev–Trinajstić information content (AvgIpc) is 3.43. The molecule has 0 radical (unpaired) electrons. The predicted molar refractivity (Wildman–Crippen MR) is 125 cm³/mol. The molecule has 0 saturated heterocycles. The van der Waals surface area contributed by atoms with Gasteiger partial charge in [0.25, 0.3) is 10.0 Å². The Bertz CT molecular complexity index is 1400. The first-order valence-corrected chi connectivity index (χ1v) is 12.7. The lowest BCUT2D eigenvalue weighted by atomic mass is 10.0. The number of hydrogen-bond acceptors (Lipinski definition) is 9. The van der Waals surface area contributed by atoms with Gasteiger partial charge in [-0.05, 0) is 36.2 Å². The molecule has 1 amide bonds. The van der Waals surface area contributed by atoms with Crippen molar-refractivity contribution >= 4 is 37.5 Å². The van der Waals surface area contributed by atoms with E-state index >= 15 is 0 Å². The fourth-order valence-electron chi connectivity index (χ4n) is 3.28. The maximum Gasteiger partial charge on any atom is 0.265 e. The standard InChI is InChI=1S/C21H23N7O4S2/c1-13(2)19(20(29)24-10-14-5-3-4-8-23-14)28-11-15(26-27-28)12-32-16-6-7-17-18(9-16)33-21(25-17)34(22,30)31/h3-9,11,13,19H,10,12H2,1-2H3,(H,24,29)(H2,22,30,31)/t19-/m0/s1. The number of rotatable bonds is 9. The number of thiazole rings is 1. The number of nitrogens with one attached hydrogen (secondary N) is 1. The van der Waals surface area contributed by atoms with Gasteiger partial charge in [-0.25, -0.2) is 23.2 Å². The predicted octanol–water partition coefficient (Wildman–Crippen LogP) is 2.02. The van der Waals surface area contributed by atoms with Crippen LogP contribution < -0.4 is 15.2 Å². The number of carbonyl (C=O) groups is 1. The topological polar surface area (TPSA) is 155 Å². The lowest BCUT2D eigenvalue weighted by Crippen LogP contribution is -2.35. The minimum atomic E-state index is -3.86. The summed E-state index contributed by atoms with van der Waals surface area (Å²) in [4.78, 5) is 21.1. The molecule has 0 aliphatic carbocycles. The van der Waals surface area contributed by atoms with Crippen molar-refractivity contribution in [3.8, 4) is 5.75 Å². The van der Waals surface area contributed by atoms with Crippen molar-refractivity contribution in [3.05, 3.63) is 60.2 Å². The molecule has 0 bridgehead atoms. The van der Waals surface area contributed by atoms with Crippen molar-refractivity contribution < 1.29 is 17.9 Å². The lowest BCUT2D eigenvalue weighted by molar-refractivity contribution is -0.126.